The molecular weight excluding hydrogens is 292 g/mol. The second-order valence-corrected chi connectivity index (χ2v) is 5.49. The zero-order valence-electron chi connectivity index (χ0n) is 11.6. The van der Waals surface area contributed by atoms with E-state index in [1.165, 1.54) is 0 Å². The highest BCUT2D eigenvalue weighted by Crippen LogP contribution is 2.37. The number of terminal acetylenes is 1. The summed E-state index contributed by atoms with van der Waals surface area (Å²) in [6.07, 6.45) is 5.64. The number of fused-ring (bicyclic) bond motifs is 3. The van der Waals surface area contributed by atoms with Crippen LogP contribution >= 0.6 is 11.6 Å². The number of para-hydroxylation sites is 2. The molecule has 0 aliphatic rings. The van der Waals surface area contributed by atoms with E-state index in [-0.39, 0.29) is 0 Å². The van der Waals surface area contributed by atoms with Crippen molar-refractivity contribution in [1.29, 1.82) is 0 Å². The van der Waals surface area contributed by atoms with Crippen molar-refractivity contribution in [3.63, 3.8) is 0 Å². The fraction of sp³-hybridized carbons (Fsp3) is 0. The molecule has 0 unspecified atom stereocenters. The minimum Gasteiger partial charge on any atom is -0.455 e. The van der Waals surface area contributed by atoms with Crippen LogP contribution in [0.3, 0.4) is 0 Å². The molecule has 0 amide bonds. The summed E-state index contributed by atoms with van der Waals surface area (Å²) >= 11 is 6.24. The maximum Gasteiger partial charge on any atom is 0.143 e. The molecule has 0 atom stereocenters. The Hall–Kier alpha value is -2.69. The fourth-order valence-corrected chi connectivity index (χ4v) is 3.08. The standard InChI is InChI=1S/C20H11ClO/c1-2-13-14(8-6-11-18(13)21)16-9-5-10-17-15-7-3-4-12-19(15)22-20(16)17/h1,3-12H. The number of benzene rings is 3. The third-order valence-electron chi connectivity index (χ3n) is 3.85. The van der Waals surface area contributed by atoms with E-state index in [9.17, 15) is 0 Å². The first-order chi connectivity index (χ1) is 10.8. The van der Waals surface area contributed by atoms with Gasteiger partial charge in [-0.05, 0) is 12.1 Å². The Morgan fingerprint density at radius 3 is 2.41 bits per heavy atom. The largest absolute Gasteiger partial charge is 0.455 e. The summed E-state index contributed by atoms with van der Waals surface area (Å²) in [4.78, 5) is 0. The van der Waals surface area contributed by atoms with Crippen LogP contribution in [0, 0.1) is 12.3 Å². The molecule has 22 heavy (non-hydrogen) atoms. The van der Waals surface area contributed by atoms with Crippen molar-refractivity contribution < 1.29 is 4.42 Å². The molecule has 0 bridgehead atoms. The molecule has 0 N–H and O–H groups in total. The molecule has 0 radical (unpaired) electrons. The van der Waals surface area contributed by atoms with Gasteiger partial charge in [0, 0.05) is 21.9 Å². The van der Waals surface area contributed by atoms with Crippen LogP contribution in [0.2, 0.25) is 5.02 Å². The Morgan fingerprint density at radius 1 is 0.818 bits per heavy atom. The molecule has 1 nitrogen and oxygen atoms in total. The zero-order chi connectivity index (χ0) is 15.1. The van der Waals surface area contributed by atoms with Gasteiger partial charge in [-0.15, -0.1) is 6.42 Å². The zero-order valence-corrected chi connectivity index (χ0v) is 12.4. The lowest BCUT2D eigenvalue weighted by Crippen LogP contribution is -1.86. The van der Waals surface area contributed by atoms with Crippen molar-refractivity contribution in [2.45, 2.75) is 0 Å². The molecular formula is C20H11ClO. The van der Waals surface area contributed by atoms with Crippen LogP contribution in [0.25, 0.3) is 33.1 Å². The molecule has 1 heterocycles. The first kappa shape index (κ1) is 13.0. The molecule has 3 aromatic carbocycles. The monoisotopic (exact) mass is 302 g/mol. The third-order valence-corrected chi connectivity index (χ3v) is 4.17. The number of hydrogen-bond donors (Lipinski definition) is 0. The minimum absolute atomic E-state index is 0.577. The van der Waals surface area contributed by atoms with Crippen LogP contribution in [-0.4, -0.2) is 0 Å². The maximum atomic E-state index is 6.24. The van der Waals surface area contributed by atoms with Crippen LogP contribution in [0.15, 0.2) is 65.1 Å². The summed E-state index contributed by atoms with van der Waals surface area (Å²) in [6, 6.07) is 19.8. The van der Waals surface area contributed by atoms with Crippen LogP contribution < -0.4 is 0 Å². The fourth-order valence-electron chi connectivity index (χ4n) is 2.85. The Bertz CT molecular complexity index is 1050. The Labute approximate surface area is 133 Å². The van der Waals surface area contributed by atoms with E-state index in [1.54, 1.807) is 6.07 Å². The molecule has 0 aliphatic heterocycles. The second kappa shape index (κ2) is 4.94. The first-order valence-electron chi connectivity index (χ1n) is 6.95. The van der Waals surface area contributed by atoms with Gasteiger partial charge in [-0.25, -0.2) is 0 Å². The van der Waals surface area contributed by atoms with Crippen molar-refractivity contribution in [1.82, 2.24) is 0 Å². The van der Waals surface area contributed by atoms with Gasteiger partial charge in [0.1, 0.15) is 11.2 Å². The Morgan fingerprint density at radius 2 is 1.55 bits per heavy atom. The van der Waals surface area contributed by atoms with E-state index in [1.807, 2.05) is 42.5 Å². The lowest BCUT2D eigenvalue weighted by atomic mass is 9.98. The molecule has 4 aromatic rings. The van der Waals surface area contributed by atoms with Gasteiger partial charge >= 0.3 is 0 Å². The van der Waals surface area contributed by atoms with E-state index >= 15 is 0 Å². The third kappa shape index (κ3) is 1.82. The smallest absolute Gasteiger partial charge is 0.143 e. The molecule has 4 rings (SSSR count). The summed E-state index contributed by atoms with van der Waals surface area (Å²) in [7, 11) is 0. The van der Waals surface area contributed by atoms with Crippen LogP contribution in [-0.2, 0) is 0 Å². The van der Waals surface area contributed by atoms with Gasteiger partial charge in [-0.2, -0.15) is 0 Å². The summed E-state index contributed by atoms with van der Waals surface area (Å²) in [5, 5.41) is 2.76. The Kier molecular flexibility index (Phi) is 2.92. The summed E-state index contributed by atoms with van der Waals surface area (Å²) in [6.45, 7) is 0. The maximum absolute atomic E-state index is 6.24. The van der Waals surface area contributed by atoms with Gasteiger partial charge in [0.05, 0.1) is 10.6 Å². The van der Waals surface area contributed by atoms with Gasteiger partial charge in [0.25, 0.3) is 0 Å². The predicted molar refractivity (Wildman–Crippen MR) is 92.1 cm³/mol. The molecule has 1 aromatic heterocycles. The van der Waals surface area contributed by atoms with Crippen molar-refractivity contribution in [3.05, 3.63) is 71.2 Å². The molecule has 0 saturated carbocycles. The average Bonchev–Trinajstić information content (AvgIpc) is 2.93. The van der Waals surface area contributed by atoms with E-state index in [0.717, 1.165) is 33.1 Å². The highest BCUT2D eigenvalue weighted by Gasteiger charge is 2.14. The Balaban J connectivity index is 2.13. The van der Waals surface area contributed by atoms with Crippen molar-refractivity contribution in [2.24, 2.45) is 0 Å². The van der Waals surface area contributed by atoms with Crippen LogP contribution in [0.1, 0.15) is 5.56 Å². The lowest BCUT2D eigenvalue weighted by molar-refractivity contribution is 0.670. The molecule has 0 saturated heterocycles. The number of rotatable bonds is 1. The lowest BCUT2D eigenvalue weighted by Gasteiger charge is -2.07. The van der Waals surface area contributed by atoms with Gasteiger partial charge in [-0.3, -0.25) is 0 Å². The van der Waals surface area contributed by atoms with Crippen molar-refractivity contribution in [3.8, 4) is 23.5 Å². The minimum atomic E-state index is 0.577. The van der Waals surface area contributed by atoms with Gasteiger partial charge in [0.2, 0.25) is 0 Å². The molecule has 0 fully saturated rings. The predicted octanol–water partition coefficient (Wildman–Crippen LogP) is 5.89. The normalized spacial score (nSPS) is 10.9. The highest BCUT2D eigenvalue weighted by molar-refractivity contribution is 6.32. The quantitative estimate of drug-likeness (QED) is 0.400. The van der Waals surface area contributed by atoms with Crippen molar-refractivity contribution >= 4 is 33.5 Å². The average molecular weight is 303 g/mol. The summed E-state index contributed by atoms with van der Waals surface area (Å²) < 4.78 is 6.07. The summed E-state index contributed by atoms with van der Waals surface area (Å²) in [5.41, 5.74) is 4.28. The van der Waals surface area contributed by atoms with Crippen LogP contribution in [0.4, 0.5) is 0 Å². The molecule has 0 aliphatic carbocycles. The topological polar surface area (TPSA) is 13.1 Å². The van der Waals surface area contributed by atoms with Gasteiger partial charge in [0.15, 0.2) is 0 Å². The van der Waals surface area contributed by atoms with E-state index < -0.39 is 0 Å². The highest BCUT2D eigenvalue weighted by atomic mass is 35.5. The van der Waals surface area contributed by atoms with Gasteiger partial charge in [-0.1, -0.05) is 66.1 Å². The number of furan rings is 1. The first-order valence-corrected chi connectivity index (χ1v) is 7.33. The number of halogens is 1. The summed E-state index contributed by atoms with van der Waals surface area (Å²) in [5.74, 6) is 2.69. The van der Waals surface area contributed by atoms with E-state index in [2.05, 4.69) is 18.1 Å². The van der Waals surface area contributed by atoms with E-state index in [0.29, 0.717) is 10.6 Å². The molecule has 2 heteroatoms. The SMILES string of the molecule is C#Cc1c(Cl)cccc1-c1cccc2c1oc1ccccc12. The number of hydrogen-bond acceptors (Lipinski definition) is 1. The molecule has 0 spiro atoms. The second-order valence-electron chi connectivity index (χ2n) is 5.09. The van der Waals surface area contributed by atoms with Crippen molar-refractivity contribution in [2.75, 3.05) is 0 Å². The van der Waals surface area contributed by atoms with Crippen LogP contribution in [0.5, 0.6) is 0 Å². The molecule has 104 valence electrons. The van der Waals surface area contributed by atoms with Gasteiger partial charge < -0.3 is 4.42 Å². The van der Waals surface area contributed by atoms with E-state index in [4.69, 9.17) is 22.4 Å².